The van der Waals surface area contributed by atoms with Crippen LogP contribution in [0.25, 0.3) is 0 Å². The molecule has 0 nitrogen and oxygen atoms in total. The third kappa shape index (κ3) is 6.64. The second-order valence-electron chi connectivity index (χ2n) is 5.09. The Balaban J connectivity index is 2.28. The van der Waals surface area contributed by atoms with Crippen molar-refractivity contribution in [1.82, 2.24) is 0 Å². The predicted octanol–water partition coefficient (Wildman–Crippen LogP) is 5.71. The van der Waals surface area contributed by atoms with Gasteiger partial charge in [-0.05, 0) is 36.8 Å². The fourth-order valence-electron chi connectivity index (χ4n) is 2.10. The zero-order valence-corrected chi connectivity index (χ0v) is 12.1. The van der Waals surface area contributed by atoms with Gasteiger partial charge >= 0.3 is 0 Å². The molecule has 0 atom stereocenters. The van der Waals surface area contributed by atoms with E-state index in [0.717, 1.165) is 6.42 Å². The van der Waals surface area contributed by atoms with Crippen molar-refractivity contribution in [3.05, 3.63) is 47.5 Å². The van der Waals surface area contributed by atoms with Gasteiger partial charge in [-0.25, -0.2) is 0 Å². The van der Waals surface area contributed by atoms with E-state index in [1.165, 1.54) is 56.1 Å². The van der Waals surface area contributed by atoms with E-state index in [1.807, 2.05) is 0 Å². The van der Waals surface area contributed by atoms with Crippen molar-refractivity contribution in [3.63, 3.8) is 0 Å². The first-order valence-electron chi connectivity index (χ1n) is 7.59. The minimum atomic E-state index is 1.08. The van der Waals surface area contributed by atoms with Crippen molar-refractivity contribution in [1.29, 1.82) is 0 Å². The van der Waals surface area contributed by atoms with Gasteiger partial charge in [0.2, 0.25) is 0 Å². The van der Waals surface area contributed by atoms with Gasteiger partial charge in [-0.3, -0.25) is 0 Å². The maximum Gasteiger partial charge on any atom is -0.00975 e. The Kier molecular flexibility index (Phi) is 8.29. The van der Waals surface area contributed by atoms with Crippen molar-refractivity contribution in [2.24, 2.45) is 0 Å². The van der Waals surface area contributed by atoms with Gasteiger partial charge in [0.05, 0.1) is 0 Å². The van der Waals surface area contributed by atoms with Crippen LogP contribution in [0.1, 0.15) is 63.5 Å². The number of benzene rings is 1. The summed E-state index contributed by atoms with van der Waals surface area (Å²) in [4.78, 5) is 0. The first-order chi connectivity index (χ1) is 8.86. The third-order valence-electron chi connectivity index (χ3n) is 3.32. The Hall–Kier alpha value is -1.04. The topological polar surface area (TPSA) is 0 Å². The standard InChI is InChI=1S/C18H28/c1-3-5-7-9-11-17-13-15-18(16-14-17)12-10-8-6-4-2/h7,9,13-16H,3-6,8,10-12H2,1-2H3. The van der Waals surface area contributed by atoms with Gasteiger partial charge in [0, 0.05) is 0 Å². The minimum absolute atomic E-state index is 1.08. The van der Waals surface area contributed by atoms with E-state index in [1.54, 1.807) is 0 Å². The second kappa shape index (κ2) is 9.94. The molecule has 100 valence electrons. The minimum Gasteiger partial charge on any atom is -0.0882 e. The normalized spacial score (nSPS) is 11.2. The molecule has 0 heteroatoms. The summed E-state index contributed by atoms with van der Waals surface area (Å²) in [6, 6.07) is 9.17. The summed E-state index contributed by atoms with van der Waals surface area (Å²) in [5.41, 5.74) is 2.92. The van der Waals surface area contributed by atoms with E-state index < -0.39 is 0 Å². The van der Waals surface area contributed by atoms with E-state index in [0.29, 0.717) is 0 Å². The molecule has 0 amide bonds. The van der Waals surface area contributed by atoms with Crippen LogP contribution in [-0.4, -0.2) is 0 Å². The molecule has 0 bridgehead atoms. The Morgan fingerprint density at radius 3 is 2.17 bits per heavy atom. The highest BCUT2D eigenvalue weighted by Gasteiger charge is 1.94. The highest BCUT2D eigenvalue weighted by molar-refractivity contribution is 5.24. The molecule has 0 spiro atoms. The molecule has 0 aromatic heterocycles. The predicted molar refractivity (Wildman–Crippen MR) is 82.0 cm³/mol. The lowest BCUT2D eigenvalue weighted by Gasteiger charge is -2.03. The van der Waals surface area contributed by atoms with Crippen LogP contribution in [0.2, 0.25) is 0 Å². The Morgan fingerprint density at radius 2 is 1.50 bits per heavy atom. The SMILES string of the molecule is CCCC=CCc1ccc(CCCCCC)cc1. The number of unbranched alkanes of at least 4 members (excludes halogenated alkanes) is 4. The molecule has 18 heavy (non-hydrogen) atoms. The Morgan fingerprint density at radius 1 is 0.778 bits per heavy atom. The molecule has 0 aliphatic heterocycles. The summed E-state index contributed by atoms with van der Waals surface area (Å²) in [5, 5.41) is 0. The molecule has 1 aromatic carbocycles. The van der Waals surface area contributed by atoms with Crippen LogP contribution in [0.15, 0.2) is 36.4 Å². The first kappa shape index (κ1) is 15.0. The van der Waals surface area contributed by atoms with Crippen molar-refractivity contribution in [3.8, 4) is 0 Å². The van der Waals surface area contributed by atoms with Gasteiger partial charge in [-0.2, -0.15) is 0 Å². The quantitative estimate of drug-likeness (QED) is 0.385. The zero-order chi connectivity index (χ0) is 13.1. The molecule has 0 N–H and O–H groups in total. The molecule has 0 radical (unpaired) electrons. The number of aryl methyl sites for hydroxylation is 1. The van der Waals surface area contributed by atoms with Gasteiger partial charge < -0.3 is 0 Å². The smallest absolute Gasteiger partial charge is 0.00975 e. The average molecular weight is 244 g/mol. The summed E-state index contributed by atoms with van der Waals surface area (Å²) < 4.78 is 0. The second-order valence-corrected chi connectivity index (χ2v) is 5.09. The van der Waals surface area contributed by atoms with Crippen LogP contribution in [0, 0.1) is 0 Å². The van der Waals surface area contributed by atoms with E-state index >= 15 is 0 Å². The number of hydrogen-bond acceptors (Lipinski definition) is 0. The fourth-order valence-corrected chi connectivity index (χ4v) is 2.10. The summed E-state index contributed by atoms with van der Waals surface area (Å²) >= 11 is 0. The fraction of sp³-hybridized carbons (Fsp3) is 0.556. The third-order valence-corrected chi connectivity index (χ3v) is 3.32. The molecule has 0 aliphatic carbocycles. The average Bonchev–Trinajstić information content (AvgIpc) is 2.41. The number of allylic oxidation sites excluding steroid dienone is 2. The van der Waals surface area contributed by atoms with Crippen molar-refractivity contribution < 1.29 is 0 Å². The van der Waals surface area contributed by atoms with Crippen molar-refractivity contribution >= 4 is 0 Å². The largest absolute Gasteiger partial charge is 0.0882 e. The Bertz CT molecular complexity index is 318. The maximum atomic E-state index is 2.30. The summed E-state index contributed by atoms with van der Waals surface area (Å²) in [5.74, 6) is 0. The van der Waals surface area contributed by atoms with E-state index in [2.05, 4.69) is 50.3 Å². The molecule has 0 saturated heterocycles. The Labute approximate surface area is 113 Å². The van der Waals surface area contributed by atoms with Crippen LogP contribution in [-0.2, 0) is 12.8 Å². The summed E-state index contributed by atoms with van der Waals surface area (Å²) in [6.07, 6.45) is 14.8. The van der Waals surface area contributed by atoms with Crippen LogP contribution in [0.5, 0.6) is 0 Å². The van der Waals surface area contributed by atoms with Gasteiger partial charge in [0.25, 0.3) is 0 Å². The van der Waals surface area contributed by atoms with Crippen LogP contribution >= 0.6 is 0 Å². The maximum absolute atomic E-state index is 2.30. The van der Waals surface area contributed by atoms with E-state index in [-0.39, 0.29) is 0 Å². The van der Waals surface area contributed by atoms with Crippen molar-refractivity contribution in [2.75, 3.05) is 0 Å². The van der Waals surface area contributed by atoms with Crippen LogP contribution in [0.4, 0.5) is 0 Å². The highest BCUT2D eigenvalue weighted by atomic mass is 14.0. The number of rotatable bonds is 9. The molecular weight excluding hydrogens is 216 g/mol. The lowest BCUT2D eigenvalue weighted by Crippen LogP contribution is -1.87. The molecule has 0 fully saturated rings. The van der Waals surface area contributed by atoms with E-state index in [9.17, 15) is 0 Å². The van der Waals surface area contributed by atoms with Gasteiger partial charge in [-0.15, -0.1) is 0 Å². The van der Waals surface area contributed by atoms with Crippen LogP contribution in [0.3, 0.4) is 0 Å². The van der Waals surface area contributed by atoms with Gasteiger partial charge in [0.15, 0.2) is 0 Å². The zero-order valence-electron chi connectivity index (χ0n) is 12.1. The summed E-state index contributed by atoms with van der Waals surface area (Å²) in [7, 11) is 0. The summed E-state index contributed by atoms with van der Waals surface area (Å²) in [6.45, 7) is 4.48. The first-order valence-corrected chi connectivity index (χ1v) is 7.59. The monoisotopic (exact) mass is 244 g/mol. The lowest BCUT2D eigenvalue weighted by atomic mass is 10.0. The molecule has 0 heterocycles. The molecular formula is C18H28. The molecule has 1 rings (SSSR count). The molecule has 0 aliphatic rings. The molecule has 0 unspecified atom stereocenters. The molecule has 0 saturated carbocycles. The number of hydrogen-bond donors (Lipinski definition) is 0. The highest BCUT2D eigenvalue weighted by Crippen LogP contribution is 2.10. The van der Waals surface area contributed by atoms with Gasteiger partial charge in [-0.1, -0.05) is 75.9 Å². The molecule has 1 aromatic rings. The van der Waals surface area contributed by atoms with Crippen molar-refractivity contribution in [2.45, 2.75) is 65.2 Å². The van der Waals surface area contributed by atoms with Crippen LogP contribution < -0.4 is 0 Å². The lowest BCUT2D eigenvalue weighted by molar-refractivity contribution is 0.667. The van der Waals surface area contributed by atoms with E-state index in [4.69, 9.17) is 0 Å². The van der Waals surface area contributed by atoms with Gasteiger partial charge in [0.1, 0.15) is 0 Å².